The molecule has 0 fully saturated rings. The lowest BCUT2D eigenvalue weighted by Crippen LogP contribution is -2.27. The first-order valence-electron chi connectivity index (χ1n) is 2.74. The van der Waals surface area contributed by atoms with Crippen molar-refractivity contribution in [1.82, 2.24) is 5.01 Å². The lowest BCUT2D eigenvalue weighted by Gasteiger charge is -2.17. The normalized spacial score (nSPS) is 18.2. The highest BCUT2D eigenvalue weighted by Crippen LogP contribution is 1.96. The van der Waals surface area contributed by atoms with E-state index in [1.165, 1.54) is 0 Å². The van der Waals surface area contributed by atoms with Crippen molar-refractivity contribution in [3.05, 3.63) is 12.2 Å². The van der Waals surface area contributed by atoms with Gasteiger partial charge in [0.25, 0.3) is 0 Å². The van der Waals surface area contributed by atoms with Crippen LogP contribution in [0.25, 0.3) is 0 Å². The maximum Gasteiger partial charge on any atom is 0.176 e. The van der Waals surface area contributed by atoms with Crippen molar-refractivity contribution in [3.63, 3.8) is 0 Å². The molecule has 0 spiro atoms. The molecule has 0 N–H and O–H groups in total. The average Bonchev–Trinajstić information content (AvgIpc) is 1.88. The minimum Gasteiger partial charge on any atom is -0.293 e. The van der Waals surface area contributed by atoms with Crippen LogP contribution in [0, 0.1) is 0 Å². The van der Waals surface area contributed by atoms with E-state index in [0.29, 0.717) is 13.1 Å². The van der Waals surface area contributed by atoms with Crippen molar-refractivity contribution in [2.24, 2.45) is 5.10 Å². The number of hydrogen-bond donors (Lipinski definition) is 0. The zero-order chi connectivity index (χ0) is 6.69. The zero-order valence-electron chi connectivity index (χ0n) is 5.08. The van der Waals surface area contributed by atoms with Crippen LogP contribution in [-0.4, -0.2) is 30.6 Å². The first-order chi connectivity index (χ1) is 4.33. The van der Waals surface area contributed by atoms with Crippen LogP contribution in [0.15, 0.2) is 17.3 Å². The number of hydrazone groups is 1. The van der Waals surface area contributed by atoms with Gasteiger partial charge < -0.3 is 0 Å². The average molecular weight is 124 g/mol. The van der Waals surface area contributed by atoms with Gasteiger partial charge >= 0.3 is 0 Å². The van der Waals surface area contributed by atoms with E-state index in [0.717, 1.165) is 0 Å². The Morgan fingerprint density at radius 2 is 2.56 bits per heavy atom. The molecule has 1 aliphatic rings. The highest BCUT2D eigenvalue weighted by Gasteiger charge is 2.07. The predicted molar refractivity (Wildman–Crippen MR) is 35.3 cm³/mol. The Kier molecular flexibility index (Phi) is 1.63. The molecular formula is C6H8N2O. The van der Waals surface area contributed by atoms with Gasteiger partial charge in [0.2, 0.25) is 0 Å². The molecule has 0 saturated carbocycles. The van der Waals surface area contributed by atoms with Gasteiger partial charge in [-0.15, -0.1) is 0 Å². The van der Waals surface area contributed by atoms with Crippen LogP contribution >= 0.6 is 0 Å². The summed E-state index contributed by atoms with van der Waals surface area (Å²) < 4.78 is 0. The Labute approximate surface area is 53.7 Å². The number of ketones is 1. The quantitative estimate of drug-likeness (QED) is 0.462. The molecule has 1 aliphatic heterocycles. The van der Waals surface area contributed by atoms with Crippen molar-refractivity contribution >= 4 is 12.5 Å². The van der Waals surface area contributed by atoms with Crippen LogP contribution in [-0.2, 0) is 4.79 Å². The van der Waals surface area contributed by atoms with E-state index in [2.05, 4.69) is 11.8 Å². The summed E-state index contributed by atoms with van der Waals surface area (Å²) in [4.78, 5) is 10.6. The maximum absolute atomic E-state index is 10.6. The van der Waals surface area contributed by atoms with E-state index >= 15 is 0 Å². The Bertz CT molecular complexity index is 162. The van der Waals surface area contributed by atoms with E-state index in [9.17, 15) is 4.79 Å². The Balaban J connectivity index is 2.56. The molecule has 0 aliphatic carbocycles. The fourth-order valence-corrected chi connectivity index (χ4v) is 0.711. The van der Waals surface area contributed by atoms with Gasteiger partial charge in [-0.05, 0) is 6.08 Å². The second-order valence-electron chi connectivity index (χ2n) is 1.86. The van der Waals surface area contributed by atoms with Crippen LogP contribution in [0.5, 0.6) is 0 Å². The van der Waals surface area contributed by atoms with E-state index in [-0.39, 0.29) is 5.78 Å². The number of carbonyl (C=O) groups excluding carboxylic acids is 1. The maximum atomic E-state index is 10.6. The molecule has 0 atom stereocenters. The van der Waals surface area contributed by atoms with Crippen LogP contribution in [0.2, 0.25) is 0 Å². The molecule has 0 radical (unpaired) electrons. The van der Waals surface area contributed by atoms with Crippen LogP contribution in [0.3, 0.4) is 0 Å². The summed E-state index contributed by atoms with van der Waals surface area (Å²) in [5, 5.41) is 5.22. The van der Waals surface area contributed by atoms with Gasteiger partial charge in [0.15, 0.2) is 5.78 Å². The number of carbonyl (C=O) groups is 1. The highest BCUT2D eigenvalue weighted by molar-refractivity contribution is 5.92. The van der Waals surface area contributed by atoms with Crippen molar-refractivity contribution in [3.8, 4) is 0 Å². The first-order valence-corrected chi connectivity index (χ1v) is 2.74. The summed E-state index contributed by atoms with van der Waals surface area (Å²) in [6, 6.07) is 0. The third-order valence-electron chi connectivity index (χ3n) is 1.16. The van der Waals surface area contributed by atoms with Crippen LogP contribution < -0.4 is 0 Å². The molecule has 0 amide bonds. The summed E-state index contributed by atoms with van der Waals surface area (Å²) in [6.45, 7) is 4.39. The van der Waals surface area contributed by atoms with E-state index in [1.54, 1.807) is 17.2 Å². The first kappa shape index (κ1) is 6.01. The zero-order valence-corrected chi connectivity index (χ0v) is 5.08. The molecule has 1 heterocycles. The van der Waals surface area contributed by atoms with Gasteiger partial charge in [0.1, 0.15) is 0 Å². The standard InChI is InChI=1S/C6H8N2O/c1-7-8-4-2-3-6(9)5-8/h2-3H,1,4-5H2. The monoisotopic (exact) mass is 124 g/mol. The fraction of sp³-hybridized carbons (Fsp3) is 0.333. The van der Waals surface area contributed by atoms with Crippen molar-refractivity contribution in [1.29, 1.82) is 0 Å². The van der Waals surface area contributed by atoms with Gasteiger partial charge in [-0.1, -0.05) is 6.08 Å². The van der Waals surface area contributed by atoms with Gasteiger partial charge in [0.05, 0.1) is 13.1 Å². The van der Waals surface area contributed by atoms with Gasteiger partial charge in [0, 0.05) is 6.72 Å². The summed E-state index contributed by atoms with van der Waals surface area (Å²) in [6.07, 6.45) is 3.35. The van der Waals surface area contributed by atoms with Crippen molar-refractivity contribution in [2.45, 2.75) is 0 Å². The molecular weight excluding hydrogens is 116 g/mol. The van der Waals surface area contributed by atoms with E-state index in [1.807, 2.05) is 0 Å². The van der Waals surface area contributed by atoms with E-state index in [4.69, 9.17) is 0 Å². The molecule has 0 unspecified atom stereocenters. The largest absolute Gasteiger partial charge is 0.293 e. The number of nitrogens with zero attached hydrogens (tertiary/aromatic N) is 2. The van der Waals surface area contributed by atoms with Gasteiger partial charge in [-0.3, -0.25) is 9.80 Å². The van der Waals surface area contributed by atoms with Gasteiger partial charge in [-0.2, -0.15) is 5.10 Å². The second-order valence-corrected chi connectivity index (χ2v) is 1.86. The summed E-state index contributed by atoms with van der Waals surface area (Å²) in [5.41, 5.74) is 0. The number of rotatable bonds is 1. The second kappa shape index (κ2) is 2.44. The number of hydrogen-bond acceptors (Lipinski definition) is 3. The summed E-state index contributed by atoms with van der Waals surface area (Å²) >= 11 is 0. The minimum atomic E-state index is 0.0913. The Hall–Kier alpha value is -1.12. The SMILES string of the molecule is C=NN1CC=CC(=O)C1. The highest BCUT2D eigenvalue weighted by atomic mass is 16.1. The molecule has 1 rings (SSSR count). The predicted octanol–water partition coefficient (Wildman–Crippen LogP) is 0.0429. The third kappa shape index (κ3) is 1.38. The van der Waals surface area contributed by atoms with Crippen LogP contribution in [0.1, 0.15) is 0 Å². The lowest BCUT2D eigenvalue weighted by molar-refractivity contribution is -0.116. The topological polar surface area (TPSA) is 32.7 Å². The smallest absolute Gasteiger partial charge is 0.176 e. The molecule has 0 bridgehead atoms. The molecule has 3 heteroatoms. The minimum absolute atomic E-state index is 0.0913. The fourth-order valence-electron chi connectivity index (χ4n) is 0.711. The third-order valence-corrected chi connectivity index (χ3v) is 1.16. The Morgan fingerprint density at radius 1 is 1.78 bits per heavy atom. The van der Waals surface area contributed by atoms with Crippen molar-refractivity contribution < 1.29 is 4.79 Å². The Morgan fingerprint density at radius 3 is 3.00 bits per heavy atom. The van der Waals surface area contributed by atoms with Gasteiger partial charge in [-0.25, -0.2) is 0 Å². The molecule has 0 saturated heterocycles. The van der Waals surface area contributed by atoms with Crippen molar-refractivity contribution in [2.75, 3.05) is 13.1 Å². The summed E-state index contributed by atoms with van der Waals surface area (Å²) in [7, 11) is 0. The molecule has 0 aromatic rings. The molecule has 0 aromatic heterocycles. The van der Waals surface area contributed by atoms with Crippen LogP contribution in [0.4, 0.5) is 0 Å². The lowest BCUT2D eigenvalue weighted by atomic mass is 10.3. The molecule has 9 heavy (non-hydrogen) atoms. The summed E-state index contributed by atoms with van der Waals surface area (Å²) in [5.74, 6) is 0.0913. The molecule has 3 nitrogen and oxygen atoms in total. The molecule has 48 valence electrons. The molecule has 0 aromatic carbocycles. The van der Waals surface area contributed by atoms with E-state index < -0.39 is 0 Å².